The van der Waals surface area contributed by atoms with Gasteiger partial charge in [0, 0.05) is 33.8 Å². The minimum Gasteiger partial charge on any atom is -0.466 e. The normalized spacial score (nSPS) is 11.2. The van der Waals surface area contributed by atoms with Gasteiger partial charge in [-0.15, -0.1) is 0 Å². The fourth-order valence-corrected chi connectivity index (χ4v) is 2.04. The van der Waals surface area contributed by atoms with Crippen LogP contribution in [0.4, 0.5) is 0 Å². The Morgan fingerprint density at radius 1 is 0.850 bits per heavy atom. The number of esters is 2. The van der Waals surface area contributed by atoms with Gasteiger partial charge < -0.3 is 9.47 Å². The van der Waals surface area contributed by atoms with E-state index in [1.165, 1.54) is 21.0 Å². The van der Waals surface area contributed by atoms with Crippen molar-refractivity contribution < 1.29 is 37.2 Å². The summed E-state index contributed by atoms with van der Waals surface area (Å²) in [6, 6.07) is 0. The van der Waals surface area contributed by atoms with Crippen molar-refractivity contribution >= 4 is 19.8 Å². The molecule has 0 aliphatic heterocycles. The minimum atomic E-state index is -3.61. The first-order valence-corrected chi connectivity index (χ1v) is 7.57. The summed E-state index contributed by atoms with van der Waals surface area (Å²) in [7, 11) is -2.40. The number of phosphoric ester groups is 1. The Morgan fingerprint density at radius 3 is 1.55 bits per heavy atom. The van der Waals surface area contributed by atoms with Crippen molar-refractivity contribution in [3.63, 3.8) is 0 Å². The predicted molar refractivity (Wildman–Crippen MR) is 69.0 cm³/mol. The molecule has 8 nitrogen and oxygen atoms in total. The monoisotopic (exact) mass is 312 g/mol. The predicted octanol–water partition coefficient (Wildman–Crippen LogP) is 1.68. The van der Waals surface area contributed by atoms with Gasteiger partial charge in [0.2, 0.25) is 0 Å². The van der Waals surface area contributed by atoms with E-state index in [9.17, 15) is 14.2 Å². The van der Waals surface area contributed by atoms with Crippen LogP contribution in [-0.4, -0.2) is 45.5 Å². The van der Waals surface area contributed by atoms with E-state index in [-0.39, 0.29) is 38.4 Å². The molecular formula is C11H21O8P. The molecule has 0 spiro atoms. The van der Waals surface area contributed by atoms with Crippen molar-refractivity contribution in [1.82, 2.24) is 0 Å². The summed E-state index contributed by atoms with van der Waals surface area (Å²) in [5.74, 6) is -0.775. The quantitative estimate of drug-likeness (QED) is 0.323. The first-order valence-electron chi connectivity index (χ1n) is 6.11. The summed E-state index contributed by atoms with van der Waals surface area (Å²) in [6.07, 6.45) is 0.757. The van der Waals surface area contributed by atoms with E-state index < -0.39 is 7.82 Å². The molecule has 0 atom stereocenters. The van der Waals surface area contributed by atoms with Crippen LogP contribution in [0.15, 0.2) is 0 Å². The van der Waals surface area contributed by atoms with Gasteiger partial charge in [-0.3, -0.25) is 23.2 Å². The highest BCUT2D eigenvalue weighted by atomic mass is 31.2. The number of rotatable bonds is 11. The van der Waals surface area contributed by atoms with Gasteiger partial charge in [0.25, 0.3) is 0 Å². The zero-order valence-corrected chi connectivity index (χ0v) is 12.9. The van der Waals surface area contributed by atoms with Crippen LogP contribution in [0, 0.1) is 0 Å². The molecule has 0 aliphatic rings. The molecule has 0 unspecified atom stereocenters. The Morgan fingerprint density at radius 2 is 1.25 bits per heavy atom. The molecule has 0 aromatic carbocycles. The van der Waals surface area contributed by atoms with E-state index in [4.69, 9.17) is 9.05 Å². The highest BCUT2D eigenvalue weighted by Crippen LogP contribution is 2.48. The molecule has 0 aliphatic carbocycles. The largest absolute Gasteiger partial charge is 0.474 e. The molecule has 0 radical (unpaired) electrons. The standard InChI is InChI=1S/C11H21O8P/c1-10(12)16-6-4-8-18-20(14,15-3)19-9-5-7-17-11(2)13/h4-9H2,1-3H3. The van der Waals surface area contributed by atoms with Gasteiger partial charge in [0.1, 0.15) is 0 Å². The number of carbonyl (C=O) groups excluding carboxylic acids is 2. The van der Waals surface area contributed by atoms with E-state index >= 15 is 0 Å². The number of carbonyl (C=O) groups is 2. The molecule has 0 fully saturated rings. The number of hydrogen-bond acceptors (Lipinski definition) is 8. The molecular weight excluding hydrogens is 291 g/mol. The smallest absolute Gasteiger partial charge is 0.466 e. The lowest BCUT2D eigenvalue weighted by Gasteiger charge is -2.15. The zero-order valence-electron chi connectivity index (χ0n) is 12.0. The SMILES string of the molecule is COP(=O)(OCCCOC(C)=O)OCCCOC(C)=O. The van der Waals surface area contributed by atoms with Crippen LogP contribution in [0.2, 0.25) is 0 Å². The maximum absolute atomic E-state index is 11.9. The van der Waals surface area contributed by atoms with Crippen LogP contribution in [0.3, 0.4) is 0 Å². The Balaban J connectivity index is 3.75. The highest BCUT2D eigenvalue weighted by Gasteiger charge is 2.24. The second kappa shape index (κ2) is 10.8. The van der Waals surface area contributed by atoms with Gasteiger partial charge in [-0.2, -0.15) is 0 Å². The molecule has 0 heterocycles. The summed E-state index contributed by atoms with van der Waals surface area (Å²) in [6.45, 7) is 3.09. The Kier molecular flexibility index (Phi) is 10.3. The van der Waals surface area contributed by atoms with Gasteiger partial charge in [-0.1, -0.05) is 0 Å². The molecule has 0 saturated heterocycles. The summed E-state index contributed by atoms with van der Waals surface area (Å²) in [5.41, 5.74) is 0. The third-order valence-corrected chi connectivity index (χ3v) is 3.36. The maximum atomic E-state index is 11.9. The van der Waals surface area contributed by atoms with Gasteiger partial charge >= 0.3 is 19.8 Å². The second-order valence-electron chi connectivity index (χ2n) is 3.68. The third-order valence-electron chi connectivity index (χ3n) is 1.91. The number of ether oxygens (including phenoxy) is 2. The lowest BCUT2D eigenvalue weighted by atomic mass is 10.5. The van der Waals surface area contributed by atoms with Crippen LogP contribution in [0.1, 0.15) is 26.7 Å². The highest BCUT2D eigenvalue weighted by molar-refractivity contribution is 7.48. The van der Waals surface area contributed by atoms with Crippen molar-refractivity contribution in [3.8, 4) is 0 Å². The van der Waals surface area contributed by atoms with Crippen LogP contribution >= 0.6 is 7.82 Å². The molecule has 0 amide bonds. The Labute approximate surface area is 118 Å². The lowest BCUT2D eigenvalue weighted by molar-refractivity contribution is -0.142. The van der Waals surface area contributed by atoms with Gasteiger partial charge in [-0.05, 0) is 0 Å². The van der Waals surface area contributed by atoms with Crippen molar-refractivity contribution in [3.05, 3.63) is 0 Å². The first-order chi connectivity index (χ1) is 9.39. The summed E-state index contributed by atoms with van der Waals surface area (Å²) in [5, 5.41) is 0. The average Bonchev–Trinajstić information content (AvgIpc) is 2.37. The van der Waals surface area contributed by atoms with Gasteiger partial charge in [0.15, 0.2) is 0 Å². The molecule has 20 heavy (non-hydrogen) atoms. The number of hydrogen-bond donors (Lipinski definition) is 0. The van der Waals surface area contributed by atoms with Gasteiger partial charge in [-0.25, -0.2) is 4.57 Å². The molecule has 0 rings (SSSR count). The Bertz CT molecular complexity index is 315. The van der Waals surface area contributed by atoms with Gasteiger partial charge in [0.05, 0.1) is 26.4 Å². The van der Waals surface area contributed by atoms with Crippen molar-refractivity contribution in [2.75, 3.05) is 33.5 Å². The molecule has 0 aromatic heterocycles. The topological polar surface area (TPSA) is 97.4 Å². The summed E-state index contributed by atoms with van der Waals surface area (Å²) in [4.78, 5) is 21.0. The molecule has 118 valence electrons. The first kappa shape index (κ1) is 19.1. The zero-order chi connectivity index (χ0) is 15.4. The summed E-state index contributed by atoms with van der Waals surface area (Å²) < 4.78 is 36.0. The molecule has 0 bridgehead atoms. The number of phosphoric acid groups is 1. The van der Waals surface area contributed by atoms with E-state index in [0.717, 1.165) is 0 Å². The van der Waals surface area contributed by atoms with Crippen LogP contribution in [0.5, 0.6) is 0 Å². The summed E-state index contributed by atoms with van der Waals surface area (Å²) >= 11 is 0. The fourth-order valence-electron chi connectivity index (χ4n) is 1.05. The lowest BCUT2D eigenvalue weighted by Crippen LogP contribution is -2.07. The molecule has 0 aromatic rings. The van der Waals surface area contributed by atoms with E-state index in [1.54, 1.807) is 0 Å². The van der Waals surface area contributed by atoms with Crippen molar-refractivity contribution in [2.24, 2.45) is 0 Å². The minimum absolute atomic E-state index is 0.0718. The van der Waals surface area contributed by atoms with E-state index in [2.05, 4.69) is 14.0 Å². The van der Waals surface area contributed by atoms with Crippen molar-refractivity contribution in [1.29, 1.82) is 0 Å². The maximum Gasteiger partial charge on any atom is 0.474 e. The van der Waals surface area contributed by atoms with E-state index in [0.29, 0.717) is 12.8 Å². The van der Waals surface area contributed by atoms with E-state index in [1.807, 2.05) is 0 Å². The van der Waals surface area contributed by atoms with Crippen molar-refractivity contribution in [2.45, 2.75) is 26.7 Å². The fraction of sp³-hybridized carbons (Fsp3) is 0.818. The molecule has 0 saturated carbocycles. The average molecular weight is 312 g/mol. The third kappa shape index (κ3) is 10.9. The van der Waals surface area contributed by atoms with Crippen LogP contribution in [-0.2, 0) is 37.2 Å². The molecule has 9 heteroatoms. The second-order valence-corrected chi connectivity index (χ2v) is 5.46. The van der Waals surface area contributed by atoms with Crippen LogP contribution < -0.4 is 0 Å². The van der Waals surface area contributed by atoms with Crippen LogP contribution in [0.25, 0.3) is 0 Å². The molecule has 0 N–H and O–H groups in total. The Hall–Kier alpha value is -0.950.